The van der Waals surface area contributed by atoms with Crippen LogP contribution in [0.1, 0.15) is 58.9 Å². The quantitative estimate of drug-likeness (QED) is 0.780. The van der Waals surface area contributed by atoms with Gasteiger partial charge in [0.05, 0.1) is 12.1 Å². The minimum Gasteiger partial charge on any atom is -0.297 e. The van der Waals surface area contributed by atoms with E-state index in [0.717, 1.165) is 17.3 Å². The number of hydrogen-bond donors (Lipinski definition) is 1. The van der Waals surface area contributed by atoms with Crippen molar-refractivity contribution < 1.29 is 0 Å². The van der Waals surface area contributed by atoms with Crippen LogP contribution in [0.5, 0.6) is 0 Å². The van der Waals surface area contributed by atoms with Gasteiger partial charge in [0.15, 0.2) is 0 Å². The van der Waals surface area contributed by atoms with E-state index in [2.05, 4.69) is 40.8 Å². The second kappa shape index (κ2) is 7.23. The first kappa shape index (κ1) is 16.2. The molecular formula is C14H24N6S. The molecular weight excluding hydrogens is 284 g/mol. The van der Waals surface area contributed by atoms with E-state index in [4.69, 9.17) is 0 Å². The van der Waals surface area contributed by atoms with Gasteiger partial charge >= 0.3 is 0 Å². The number of nitriles is 1. The van der Waals surface area contributed by atoms with Gasteiger partial charge in [-0.2, -0.15) is 5.26 Å². The average molecular weight is 308 g/mol. The smallest absolute Gasteiger partial charge is 0.209 e. The Kier molecular flexibility index (Phi) is 5.59. The summed E-state index contributed by atoms with van der Waals surface area (Å²) < 4.78 is 1.97. The molecule has 1 heterocycles. The molecule has 1 aliphatic rings. The highest BCUT2D eigenvalue weighted by Gasteiger charge is 2.25. The predicted octanol–water partition coefficient (Wildman–Crippen LogP) is 2.55. The maximum absolute atomic E-state index is 9.35. The maximum Gasteiger partial charge on any atom is 0.209 e. The lowest BCUT2D eigenvalue weighted by Crippen LogP contribution is -2.45. The number of tetrazole rings is 1. The molecule has 0 aliphatic heterocycles. The van der Waals surface area contributed by atoms with Crippen molar-refractivity contribution >= 4 is 11.8 Å². The molecule has 1 aromatic rings. The molecule has 1 fully saturated rings. The first-order valence-electron chi connectivity index (χ1n) is 7.64. The number of rotatable bonds is 7. The summed E-state index contributed by atoms with van der Waals surface area (Å²) in [5.41, 5.74) is -0.493. The molecule has 1 aromatic heterocycles. The lowest BCUT2D eigenvalue weighted by molar-refractivity contribution is 0.396. The summed E-state index contributed by atoms with van der Waals surface area (Å²) in [6.45, 7) is 6.07. The van der Waals surface area contributed by atoms with Crippen LogP contribution >= 0.6 is 11.8 Å². The Morgan fingerprint density at radius 2 is 2.19 bits per heavy atom. The molecule has 21 heavy (non-hydrogen) atoms. The monoisotopic (exact) mass is 308 g/mol. The molecule has 0 spiro atoms. The van der Waals surface area contributed by atoms with Crippen molar-refractivity contribution in [3.05, 3.63) is 0 Å². The Balaban J connectivity index is 1.89. The summed E-state index contributed by atoms with van der Waals surface area (Å²) in [5.74, 6) is 0.830. The number of aromatic nitrogens is 4. The summed E-state index contributed by atoms with van der Waals surface area (Å²) in [5, 5.41) is 25.6. The van der Waals surface area contributed by atoms with Crippen LogP contribution in [0.25, 0.3) is 0 Å². The minimum absolute atomic E-state index is 0.295. The van der Waals surface area contributed by atoms with E-state index in [0.29, 0.717) is 12.1 Å². The molecule has 1 aliphatic carbocycles. The molecule has 7 heteroatoms. The van der Waals surface area contributed by atoms with Crippen LogP contribution in [0.4, 0.5) is 0 Å². The van der Waals surface area contributed by atoms with Gasteiger partial charge < -0.3 is 0 Å². The molecule has 1 N–H and O–H groups in total. The van der Waals surface area contributed by atoms with Crippen molar-refractivity contribution in [1.82, 2.24) is 25.5 Å². The van der Waals surface area contributed by atoms with Gasteiger partial charge in [-0.15, -0.1) is 5.10 Å². The Hall–Kier alpha value is -1.13. The highest BCUT2D eigenvalue weighted by molar-refractivity contribution is 7.99. The fourth-order valence-corrected chi connectivity index (χ4v) is 3.91. The fourth-order valence-electron chi connectivity index (χ4n) is 2.80. The van der Waals surface area contributed by atoms with E-state index in [1.165, 1.54) is 25.7 Å². The molecule has 0 amide bonds. The number of nitrogens with zero attached hydrogens (tertiary/aromatic N) is 5. The third kappa shape index (κ3) is 4.42. The fraction of sp³-hybridized carbons (Fsp3) is 0.857. The summed E-state index contributed by atoms with van der Waals surface area (Å²) in [4.78, 5) is 0. The molecule has 0 radical (unpaired) electrons. The zero-order valence-electron chi connectivity index (χ0n) is 13.0. The van der Waals surface area contributed by atoms with Crippen molar-refractivity contribution in [2.24, 2.45) is 0 Å². The molecule has 1 saturated carbocycles. The molecule has 1 unspecified atom stereocenters. The zero-order valence-corrected chi connectivity index (χ0v) is 13.9. The van der Waals surface area contributed by atoms with Crippen LogP contribution < -0.4 is 5.32 Å². The lowest BCUT2D eigenvalue weighted by Gasteiger charge is -2.25. The van der Waals surface area contributed by atoms with Crippen molar-refractivity contribution in [2.45, 2.75) is 75.7 Å². The molecule has 2 rings (SSSR count). The first-order chi connectivity index (χ1) is 10.0. The third-order valence-corrected chi connectivity index (χ3v) is 4.76. The molecule has 116 valence electrons. The summed E-state index contributed by atoms with van der Waals surface area (Å²) in [6.07, 6.45) is 5.63. The molecule has 6 nitrogen and oxygen atoms in total. The Morgan fingerprint density at radius 3 is 2.81 bits per heavy atom. The van der Waals surface area contributed by atoms with E-state index in [1.807, 2.05) is 11.6 Å². The largest absolute Gasteiger partial charge is 0.297 e. The lowest BCUT2D eigenvalue weighted by atomic mass is 10.0. The van der Waals surface area contributed by atoms with Gasteiger partial charge in [0, 0.05) is 11.8 Å². The Labute approximate surface area is 130 Å². The van der Waals surface area contributed by atoms with Gasteiger partial charge in [0.2, 0.25) is 5.16 Å². The van der Waals surface area contributed by atoms with Crippen molar-refractivity contribution in [2.75, 3.05) is 5.75 Å². The van der Waals surface area contributed by atoms with E-state index < -0.39 is 5.54 Å². The summed E-state index contributed by atoms with van der Waals surface area (Å²) in [7, 11) is 0. The normalized spacial score (nSPS) is 18.8. The number of thioether (sulfide) groups is 1. The van der Waals surface area contributed by atoms with Gasteiger partial charge in [-0.3, -0.25) is 5.32 Å². The van der Waals surface area contributed by atoms with Crippen LogP contribution in [0, 0.1) is 11.3 Å². The topological polar surface area (TPSA) is 79.4 Å². The van der Waals surface area contributed by atoms with Gasteiger partial charge in [-0.05, 0) is 50.5 Å². The highest BCUT2D eigenvalue weighted by atomic mass is 32.2. The van der Waals surface area contributed by atoms with Crippen LogP contribution in [-0.2, 0) is 0 Å². The minimum atomic E-state index is -0.493. The molecule has 0 saturated heterocycles. The summed E-state index contributed by atoms with van der Waals surface area (Å²) in [6, 6.07) is 3.13. The summed E-state index contributed by atoms with van der Waals surface area (Å²) >= 11 is 1.65. The van der Waals surface area contributed by atoms with Crippen molar-refractivity contribution in [3.8, 4) is 6.07 Å². The number of nitrogens with one attached hydrogen (secondary N) is 1. The van der Waals surface area contributed by atoms with Gasteiger partial charge in [-0.1, -0.05) is 24.6 Å². The van der Waals surface area contributed by atoms with Gasteiger partial charge in [0.25, 0.3) is 0 Å². The van der Waals surface area contributed by atoms with E-state index in [1.54, 1.807) is 11.8 Å². The molecule has 0 aromatic carbocycles. The Morgan fingerprint density at radius 1 is 1.48 bits per heavy atom. The zero-order chi connectivity index (χ0) is 15.3. The molecule has 1 atom stereocenters. The van der Waals surface area contributed by atoms with Gasteiger partial charge in [-0.25, -0.2) is 4.68 Å². The van der Waals surface area contributed by atoms with Crippen LogP contribution in [0.3, 0.4) is 0 Å². The average Bonchev–Trinajstić information content (AvgIpc) is 3.07. The van der Waals surface area contributed by atoms with Crippen LogP contribution in [0.15, 0.2) is 5.16 Å². The number of hydrogen-bond acceptors (Lipinski definition) is 6. The predicted molar refractivity (Wildman–Crippen MR) is 83.0 cm³/mol. The SMILES string of the molecule is CC(C)NC(C)(C#N)CCSc1nnnn1C1CCCC1. The molecule has 0 bridgehead atoms. The van der Waals surface area contributed by atoms with E-state index >= 15 is 0 Å². The van der Waals surface area contributed by atoms with Crippen LogP contribution in [0.2, 0.25) is 0 Å². The third-order valence-electron chi connectivity index (χ3n) is 3.82. The van der Waals surface area contributed by atoms with Crippen molar-refractivity contribution in [3.63, 3.8) is 0 Å². The van der Waals surface area contributed by atoms with Gasteiger partial charge in [0.1, 0.15) is 5.54 Å². The second-order valence-electron chi connectivity index (χ2n) is 6.19. The van der Waals surface area contributed by atoms with Crippen LogP contribution in [-0.4, -0.2) is 37.5 Å². The Bertz CT molecular complexity index is 488. The standard InChI is InChI=1S/C14H24N6S/c1-11(2)16-14(3,10-15)8-9-21-13-17-18-19-20(13)12-6-4-5-7-12/h11-12,16H,4-9H2,1-3H3. The maximum atomic E-state index is 9.35. The van der Waals surface area contributed by atoms with E-state index in [-0.39, 0.29) is 0 Å². The van der Waals surface area contributed by atoms with E-state index in [9.17, 15) is 5.26 Å². The second-order valence-corrected chi connectivity index (χ2v) is 7.25. The van der Waals surface area contributed by atoms with Crippen molar-refractivity contribution in [1.29, 1.82) is 5.26 Å². The highest BCUT2D eigenvalue weighted by Crippen LogP contribution is 2.31. The first-order valence-corrected chi connectivity index (χ1v) is 8.62.